The Hall–Kier alpha value is -3.37. The molecule has 4 rings (SSSR count). The maximum absolute atomic E-state index is 12.0. The molecule has 0 aliphatic rings. The third kappa shape index (κ3) is 4.44. The van der Waals surface area contributed by atoms with Gasteiger partial charge in [-0.15, -0.1) is 10.2 Å². The predicted octanol–water partition coefficient (Wildman–Crippen LogP) is 3.36. The van der Waals surface area contributed by atoms with Gasteiger partial charge < -0.3 is 10.1 Å². The number of hydrogen-bond acceptors (Lipinski definition) is 7. The normalized spacial score (nSPS) is 10.7. The molecule has 0 fully saturated rings. The Morgan fingerprint density at radius 1 is 1.17 bits per heavy atom. The van der Waals surface area contributed by atoms with Crippen LogP contribution in [0.15, 0.2) is 48.5 Å². The number of carbonyl (C=O) groups excluding carboxylic acids is 1. The van der Waals surface area contributed by atoms with Crippen LogP contribution < -0.4 is 15.4 Å². The van der Waals surface area contributed by atoms with Crippen molar-refractivity contribution in [3.63, 3.8) is 0 Å². The molecule has 0 unspecified atom stereocenters. The molecule has 2 heterocycles. The fourth-order valence-corrected chi connectivity index (χ4v) is 3.86. The van der Waals surface area contributed by atoms with Gasteiger partial charge in [-0.3, -0.25) is 10.1 Å². The molecule has 30 heavy (non-hydrogen) atoms. The molecule has 0 aliphatic heterocycles. The Kier molecular flexibility index (Phi) is 5.68. The van der Waals surface area contributed by atoms with E-state index in [-0.39, 0.29) is 17.6 Å². The van der Waals surface area contributed by atoms with Crippen LogP contribution in [0.1, 0.15) is 11.4 Å². The van der Waals surface area contributed by atoms with Gasteiger partial charge in [-0.25, -0.2) is 0 Å². The summed E-state index contributed by atoms with van der Waals surface area (Å²) in [4.78, 5) is 12.8. The number of aromatic nitrogens is 4. The second-order valence-corrected chi connectivity index (χ2v) is 7.85. The molecule has 1 amide bonds. The van der Waals surface area contributed by atoms with Crippen LogP contribution in [0, 0.1) is 13.8 Å². The smallest absolute Gasteiger partial charge is 0.264 e. The first-order chi connectivity index (χ1) is 14.5. The van der Waals surface area contributed by atoms with E-state index in [1.165, 1.54) is 11.3 Å². The molecule has 8 nitrogen and oxygen atoms in total. The Morgan fingerprint density at radius 2 is 1.97 bits per heavy atom. The van der Waals surface area contributed by atoms with Gasteiger partial charge in [-0.05, 0) is 62.0 Å². The zero-order valence-corrected chi connectivity index (χ0v) is 17.9. The van der Waals surface area contributed by atoms with Gasteiger partial charge in [0.2, 0.25) is 4.96 Å². The van der Waals surface area contributed by atoms with Crippen LogP contribution in [-0.4, -0.2) is 37.4 Å². The van der Waals surface area contributed by atoms with Gasteiger partial charge in [0, 0.05) is 11.3 Å². The topological polar surface area (TPSA) is 93.4 Å². The highest BCUT2D eigenvalue weighted by molar-refractivity contribution is 7.80. The molecule has 0 aliphatic carbocycles. The van der Waals surface area contributed by atoms with Crippen LogP contribution in [0.2, 0.25) is 0 Å². The average molecular weight is 439 g/mol. The zero-order chi connectivity index (χ0) is 21.1. The van der Waals surface area contributed by atoms with E-state index < -0.39 is 0 Å². The summed E-state index contributed by atoms with van der Waals surface area (Å²) in [6.45, 7) is 3.70. The number of aryl methyl sites for hydroxylation is 2. The molecule has 10 heteroatoms. The van der Waals surface area contributed by atoms with E-state index in [0.717, 1.165) is 32.6 Å². The Bertz CT molecular complexity index is 1220. The number of hydrogen-bond donors (Lipinski definition) is 2. The molecule has 0 radical (unpaired) electrons. The highest BCUT2D eigenvalue weighted by Gasteiger charge is 2.12. The third-order valence-corrected chi connectivity index (χ3v) is 5.39. The number of anilines is 1. The van der Waals surface area contributed by atoms with Crippen LogP contribution in [0.4, 0.5) is 5.69 Å². The fourth-order valence-electron chi connectivity index (χ4n) is 2.75. The zero-order valence-electron chi connectivity index (χ0n) is 16.2. The molecule has 2 N–H and O–H groups in total. The largest absolute Gasteiger partial charge is 0.484 e. The minimum atomic E-state index is -0.333. The van der Waals surface area contributed by atoms with Gasteiger partial charge in [0.05, 0.1) is 0 Å². The first-order valence-corrected chi connectivity index (χ1v) is 10.3. The van der Waals surface area contributed by atoms with Crippen molar-refractivity contribution in [2.75, 3.05) is 11.9 Å². The molecule has 2 aromatic heterocycles. The second-order valence-electron chi connectivity index (χ2n) is 6.48. The number of fused-ring (bicyclic) bond motifs is 1. The molecular formula is C20H18N6O2S2. The number of rotatable bonds is 5. The summed E-state index contributed by atoms with van der Waals surface area (Å²) in [5, 5.41) is 19.4. The maximum Gasteiger partial charge on any atom is 0.264 e. The number of amides is 1. The van der Waals surface area contributed by atoms with Crippen LogP contribution in [0.5, 0.6) is 5.75 Å². The number of para-hydroxylation sites is 1. The SMILES string of the molecule is Cc1cc(-c2nn3c(C)nnc3s2)ccc1NC(=S)NC(=O)COc1ccccc1. The monoisotopic (exact) mass is 438 g/mol. The molecule has 0 saturated heterocycles. The van der Waals surface area contributed by atoms with E-state index in [1.807, 2.05) is 50.2 Å². The lowest BCUT2D eigenvalue weighted by Crippen LogP contribution is -2.37. The number of benzene rings is 2. The summed E-state index contributed by atoms with van der Waals surface area (Å²) < 4.78 is 7.14. The van der Waals surface area contributed by atoms with Crippen LogP contribution in [0.3, 0.4) is 0 Å². The van der Waals surface area contributed by atoms with Crippen molar-refractivity contribution in [1.29, 1.82) is 0 Å². The van der Waals surface area contributed by atoms with Crippen molar-refractivity contribution in [2.24, 2.45) is 0 Å². The Labute approximate surface area is 181 Å². The van der Waals surface area contributed by atoms with Gasteiger partial charge >= 0.3 is 0 Å². The lowest BCUT2D eigenvalue weighted by molar-refractivity contribution is -0.121. The highest BCUT2D eigenvalue weighted by Crippen LogP contribution is 2.28. The number of carbonyl (C=O) groups is 1. The summed E-state index contributed by atoms with van der Waals surface area (Å²) >= 11 is 6.72. The second kappa shape index (κ2) is 8.56. The summed E-state index contributed by atoms with van der Waals surface area (Å²) in [6, 6.07) is 15.0. The fraction of sp³-hybridized carbons (Fsp3) is 0.150. The van der Waals surface area contributed by atoms with E-state index in [4.69, 9.17) is 17.0 Å². The van der Waals surface area contributed by atoms with Crippen molar-refractivity contribution >= 4 is 45.2 Å². The van der Waals surface area contributed by atoms with Crippen LogP contribution >= 0.6 is 23.6 Å². The molecule has 152 valence electrons. The highest BCUT2D eigenvalue weighted by atomic mass is 32.1. The molecule has 4 aromatic rings. The lowest BCUT2D eigenvalue weighted by atomic mass is 10.1. The van der Waals surface area contributed by atoms with E-state index in [1.54, 1.807) is 16.6 Å². The summed E-state index contributed by atoms with van der Waals surface area (Å²) in [5.74, 6) is 1.04. The van der Waals surface area contributed by atoms with E-state index >= 15 is 0 Å². The van der Waals surface area contributed by atoms with Gasteiger partial charge in [0.25, 0.3) is 5.91 Å². The lowest BCUT2D eigenvalue weighted by Gasteiger charge is -2.13. The average Bonchev–Trinajstić information content (AvgIpc) is 3.31. The van der Waals surface area contributed by atoms with Crippen molar-refractivity contribution in [2.45, 2.75) is 13.8 Å². The first kappa shape index (κ1) is 19.9. The van der Waals surface area contributed by atoms with Crippen molar-refractivity contribution in [3.05, 3.63) is 59.9 Å². The predicted molar refractivity (Wildman–Crippen MR) is 120 cm³/mol. The molecule has 0 spiro atoms. The number of ether oxygens (including phenoxy) is 1. The van der Waals surface area contributed by atoms with E-state index in [0.29, 0.717) is 5.75 Å². The summed E-state index contributed by atoms with van der Waals surface area (Å²) in [6.07, 6.45) is 0. The molecule has 0 saturated carbocycles. The number of thiocarbonyl (C=S) groups is 1. The van der Waals surface area contributed by atoms with Crippen LogP contribution in [-0.2, 0) is 4.79 Å². The Balaban J connectivity index is 1.37. The van der Waals surface area contributed by atoms with E-state index in [2.05, 4.69) is 25.9 Å². The van der Waals surface area contributed by atoms with Gasteiger partial charge in [0.15, 0.2) is 17.5 Å². The maximum atomic E-state index is 12.0. The minimum Gasteiger partial charge on any atom is -0.484 e. The minimum absolute atomic E-state index is 0.121. The standard InChI is InChI=1S/C20H18N6O2S2/c1-12-10-14(18-25-26-13(2)23-24-20(26)30-18)8-9-16(12)21-19(29)22-17(27)11-28-15-6-4-3-5-7-15/h3-10H,11H2,1-2H3,(H2,21,22,27,29). The summed E-state index contributed by atoms with van der Waals surface area (Å²) in [7, 11) is 0. The molecule has 2 aromatic carbocycles. The number of nitrogens with one attached hydrogen (secondary N) is 2. The quantitative estimate of drug-likeness (QED) is 0.462. The van der Waals surface area contributed by atoms with Crippen LogP contribution in [0.25, 0.3) is 15.5 Å². The van der Waals surface area contributed by atoms with Gasteiger partial charge in [-0.1, -0.05) is 29.5 Å². The number of nitrogens with zero attached hydrogens (tertiary/aromatic N) is 4. The molecular weight excluding hydrogens is 420 g/mol. The van der Waals surface area contributed by atoms with Crippen molar-refractivity contribution in [3.8, 4) is 16.3 Å². The third-order valence-electron chi connectivity index (χ3n) is 4.23. The van der Waals surface area contributed by atoms with Crippen molar-refractivity contribution < 1.29 is 9.53 Å². The van der Waals surface area contributed by atoms with E-state index in [9.17, 15) is 4.79 Å². The van der Waals surface area contributed by atoms with Gasteiger partial charge in [-0.2, -0.15) is 9.61 Å². The molecule has 0 bridgehead atoms. The molecule has 0 atom stereocenters. The Morgan fingerprint density at radius 3 is 2.70 bits per heavy atom. The first-order valence-electron chi connectivity index (χ1n) is 9.08. The van der Waals surface area contributed by atoms with Gasteiger partial charge in [0.1, 0.15) is 10.8 Å². The van der Waals surface area contributed by atoms with Crippen molar-refractivity contribution in [1.82, 2.24) is 25.1 Å². The summed E-state index contributed by atoms with van der Waals surface area (Å²) in [5.41, 5.74) is 2.73.